The molecular weight excluding hydrogens is 346 g/mol. The minimum Gasteiger partial charge on any atom is -0.478 e. The number of H-pyrrole nitrogens is 1. The number of fused-ring (bicyclic) bond motifs is 1. The zero-order chi connectivity index (χ0) is 19.7. The summed E-state index contributed by atoms with van der Waals surface area (Å²) in [5.74, 6) is -0.285. The fourth-order valence-corrected chi connectivity index (χ4v) is 3.42. The fourth-order valence-electron chi connectivity index (χ4n) is 3.42. The van der Waals surface area contributed by atoms with Crippen LogP contribution in [0.2, 0.25) is 0 Å². The second kappa shape index (κ2) is 7.06. The lowest BCUT2D eigenvalue weighted by atomic mass is 9.97. The van der Waals surface area contributed by atoms with Gasteiger partial charge in [0.05, 0.1) is 11.0 Å². The summed E-state index contributed by atoms with van der Waals surface area (Å²) in [4.78, 5) is 31.1. The van der Waals surface area contributed by atoms with E-state index in [0.717, 1.165) is 48.4 Å². The highest BCUT2D eigenvalue weighted by Gasteiger charge is 2.41. The van der Waals surface area contributed by atoms with E-state index in [2.05, 4.69) is 15.3 Å². The third kappa shape index (κ3) is 4.48. The summed E-state index contributed by atoms with van der Waals surface area (Å²) in [6.07, 6.45) is 5.76. The number of amides is 1. The van der Waals surface area contributed by atoms with E-state index < -0.39 is 23.2 Å². The minimum atomic E-state index is -0.994. The lowest BCUT2D eigenvalue weighted by molar-refractivity contribution is -0.131. The number of aromatic amines is 1. The maximum Gasteiger partial charge on any atom is 0.408 e. The highest BCUT2D eigenvalue weighted by molar-refractivity contribution is 5.87. The van der Waals surface area contributed by atoms with Gasteiger partial charge >= 0.3 is 12.1 Å². The van der Waals surface area contributed by atoms with Crippen LogP contribution in [0.25, 0.3) is 17.1 Å². The molecule has 0 unspecified atom stereocenters. The van der Waals surface area contributed by atoms with Crippen LogP contribution in [0.5, 0.6) is 0 Å². The fraction of sp³-hybridized carbons (Fsp3) is 0.450. The predicted octanol–water partition coefficient (Wildman–Crippen LogP) is 3.95. The lowest BCUT2D eigenvalue weighted by Gasteiger charge is -2.30. The van der Waals surface area contributed by atoms with Gasteiger partial charge in [0.2, 0.25) is 0 Å². The van der Waals surface area contributed by atoms with Crippen LogP contribution in [0, 0.1) is 0 Å². The molecule has 27 heavy (non-hydrogen) atoms. The molecule has 144 valence electrons. The van der Waals surface area contributed by atoms with Gasteiger partial charge in [-0.3, -0.25) is 0 Å². The van der Waals surface area contributed by atoms with Crippen LogP contribution < -0.4 is 5.32 Å². The van der Waals surface area contributed by atoms with Gasteiger partial charge in [-0.15, -0.1) is 0 Å². The summed E-state index contributed by atoms with van der Waals surface area (Å²) < 4.78 is 5.44. The Bertz CT molecular complexity index is 886. The van der Waals surface area contributed by atoms with Crippen molar-refractivity contribution in [1.29, 1.82) is 0 Å². The number of carbonyl (C=O) groups excluding carboxylic acids is 1. The monoisotopic (exact) mass is 371 g/mol. The summed E-state index contributed by atoms with van der Waals surface area (Å²) in [7, 11) is 0. The van der Waals surface area contributed by atoms with Crippen molar-refractivity contribution in [1.82, 2.24) is 15.3 Å². The van der Waals surface area contributed by atoms with E-state index in [9.17, 15) is 9.59 Å². The molecule has 0 spiro atoms. The number of aromatic nitrogens is 2. The molecule has 0 atom stereocenters. The summed E-state index contributed by atoms with van der Waals surface area (Å²) in [6, 6.07) is 5.50. The number of carbonyl (C=O) groups is 2. The van der Waals surface area contributed by atoms with E-state index in [0.29, 0.717) is 5.82 Å². The third-order valence-corrected chi connectivity index (χ3v) is 4.57. The number of nitrogens with zero attached hydrogens (tertiary/aromatic N) is 1. The van der Waals surface area contributed by atoms with Crippen LogP contribution in [0.4, 0.5) is 4.79 Å². The molecule has 1 heterocycles. The second-order valence-corrected chi connectivity index (χ2v) is 7.95. The van der Waals surface area contributed by atoms with Crippen molar-refractivity contribution in [3.8, 4) is 0 Å². The van der Waals surface area contributed by atoms with Crippen LogP contribution in [0.3, 0.4) is 0 Å². The van der Waals surface area contributed by atoms with Crippen LogP contribution in [-0.2, 0) is 15.1 Å². The molecule has 2 aromatic rings. The average Bonchev–Trinajstić information content (AvgIpc) is 3.17. The van der Waals surface area contributed by atoms with Gasteiger partial charge in [0.25, 0.3) is 0 Å². The maximum absolute atomic E-state index is 12.4. The summed E-state index contributed by atoms with van der Waals surface area (Å²) in [6.45, 7) is 5.50. The Kier molecular flexibility index (Phi) is 4.95. The Balaban J connectivity index is 1.90. The Labute approximate surface area is 157 Å². The Morgan fingerprint density at radius 2 is 2.00 bits per heavy atom. The van der Waals surface area contributed by atoms with Crippen LogP contribution >= 0.6 is 0 Å². The van der Waals surface area contributed by atoms with Crippen LogP contribution in [-0.4, -0.2) is 32.7 Å². The minimum absolute atomic E-state index is 0.449. The number of carboxylic acid groups (broad SMARTS) is 1. The number of rotatable bonds is 4. The summed E-state index contributed by atoms with van der Waals surface area (Å²) >= 11 is 0. The van der Waals surface area contributed by atoms with E-state index >= 15 is 0 Å². The predicted molar refractivity (Wildman–Crippen MR) is 102 cm³/mol. The van der Waals surface area contributed by atoms with E-state index in [1.165, 1.54) is 6.08 Å². The Hall–Kier alpha value is -2.83. The normalized spacial score (nSPS) is 16.7. The first kappa shape index (κ1) is 18.9. The molecule has 0 bridgehead atoms. The first-order valence-corrected chi connectivity index (χ1v) is 9.09. The van der Waals surface area contributed by atoms with Crippen LogP contribution in [0.15, 0.2) is 24.3 Å². The van der Waals surface area contributed by atoms with Crippen molar-refractivity contribution in [3.63, 3.8) is 0 Å². The number of nitrogens with one attached hydrogen (secondary N) is 2. The third-order valence-electron chi connectivity index (χ3n) is 4.57. The molecule has 1 aliphatic rings. The van der Waals surface area contributed by atoms with Gasteiger partial charge in [-0.25, -0.2) is 14.6 Å². The molecule has 7 nitrogen and oxygen atoms in total. The first-order chi connectivity index (χ1) is 12.7. The van der Waals surface area contributed by atoms with Crippen LogP contribution in [0.1, 0.15) is 57.8 Å². The SMILES string of the molecule is CC(C)(C)OC(=O)NC1(c2nc3ccc(C=CC(=O)O)cc3[nH]2)CCCC1. The van der Waals surface area contributed by atoms with E-state index in [1.54, 1.807) is 0 Å². The molecule has 0 saturated heterocycles. The van der Waals surface area contributed by atoms with Gasteiger partial charge in [0.15, 0.2) is 0 Å². The molecule has 1 saturated carbocycles. The smallest absolute Gasteiger partial charge is 0.408 e. The molecule has 0 aliphatic heterocycles. The van der Waals surface area contributed by atoms with Gasteiger partial charge in [0, 0.05) is 6.08 Å². The maximum atomic E-state index is 12.4. The molecule has 3 N–H and O–H groups in total. The van der Waals surface area contributed by atoms with Crippen molar-refractivity contribution in [2.45, 2.75) is 57.6 Å². The van der Waals surface area contributed by atoms with E-state index in [-0.39, 0.29) is 0 Å². The molecule has 3 rings (SSSR count). The van der Waals surface area contributed by atoms with Gasteiger partial charge < -0.3 is 20.1 Å². The van der Waals surface area contributed by atoms with Crippen molar-refractivity contribution in [2.75, 3.05) is 0 Å². The van der Waals surface area contributed by atoms with Gasteiger partial charge in [-0.1, -0.05) is 18.9 Å². The number of hydrogen-bond donors (Lipinski definition) is 3. The first-order valence-electron chi connectivity index (χ1n) is 9.09. The van der Waals surface area contributed by atoms with Crippen molar-refractivity contribution in [3.05, 3.63) is 35.7 Å². The van der Waals surface area contributed by atoms with Gasteiger partial charge in [-0.2, -0.15) is 0 Å². The zero-order valence-electron chi connectivity index (χ0n) is 15.8. The highest BCUT2D eigenvalue weighted by atomic mass is 16.6. The number of benzene rings is 1. The van der Waals surface area contributed by atoms with Crippen molar-refractivity contribution < 1.29 is 19.4 Å². The number of aliphatic carboxylic acids is 1. The lowest BCUT2D eigenvalue weighted by Crippen LogP contribution is -2.46. The molecule has 1 amide bonds. The molecule has 1 aromatic heterocycles. The number of ether oxygens (including phenoxy) is 1. The molecular formula is C20H25N3O4. The van der Waals surface area contributed by atoms with E-state index in [4.69, 9.17) is 9.84 Å². The highest BCUT2D eigenvalue weighted by Crippen LogP contribution is 2.38. The standard InChI is InChI=1S/C20H25N3O4/c1-19(2,3)27-18(26)23-20(10-4-5-11-20)17-21-14-8-6-13(7-9-16(24)25)12-15(14)22-17/h6-9,12H,4-5,10-11H2,1-3H3,(H,21,22)(H,23,26)(H,24,25). The molecule has 0 radical (unpaired) electrons. The number of hydrogen-bond acceptors (Lipinski definition) is 4. The summed E-state index contributed by atoms with van der Waals surface area (Å²) in [5.41, 5.74) is 1.20. The summed E-state index contributed by atoms with van der Waals surface area (Å²) in [5, 5.41) is 11.8. The Morgan fingerprint density at radius 3 is 2.63 bits per heavy atom. The van der Waals surface area contributed by atoms with Gasteiger partial charge in [-0.05, 0) is 57.4 Å². The number of imidazole rings is 1. The second-order valence-electron chi connectivity index (χ2n) is 7.95. The largest absolute Gasteiger partial charge is 0.478 e. The van der Waals surface area contributed by atoms with Crippen molar-refractivity contribution >= 4 is 29.2 Å². The number of carboxylic acids is 1. The zero-order valence-corrected chi connectivity index (χ0v) is 15.8. The van der Waals surface area contributed by atoms with Gasteiger partial charge in [0.1, 0.15) is 17.0 Å². The molecule has 1 fully saturated rings. The quantitative estimate of drug-likeness (QED) is 0.706. The molecule has 7 heteroatoms. The topological polar surface area (TPSA) is 104 Å². The Morgan fingerprint density at radius 1 is 1.30 bits per heavy atom. The molecule has 1 aromatic carbocycles. The molecule has 1 aliphatic carbocycles. The average molecular weight is 371 g/mol. The number of alkyl carbamates (subject to hydrolysis) is 1. The van der Waals surface area contributed by atoms with E-state index in [1.807, 2.05) is 39.0 Å². The van der Waals surface area contributed by atoms with Crippen molar-refractivity contribution in [2.24, 2.45) is 0 Å².